The number of hydrogen-bond donors (Lipinski definition) is 1. The van der Waals surface area contributed by atoms with Gasteiger partial charge in [0.05, 0.1) is 9.26 Å². The highest BCUT2D eigenvalue weighted by Gasteiger charge is 2.31. The first-order valence-electron chi connectivity index (χ1n) is 6.04. The maximum Gasteiger partial charge on any atom is 0.143 e. The van der Waals surface area contributed by atoms with E-state index in [2.05, 4.69) is 32.9 Å². The number of nitrogens with zero attached hydrogens (tertiary/aromatic N) is 2. The summed E-state index contributed by atoms with van der Waals surface area (Å²) in [4.78, 5) is 9.46. The lowest BCUT2D eigenvalue weighted by Gasteiger charge is -2.25. The largest absolute Gasteiger partial charge is 0.372 e. The molecular weight excluding hydrogens is 313 g/mol. The topological polar surface area (TPSA) is 37.8 Å². The lowest BCUT2D eigenvalue weighted by atomic mass is 9.85. The minimum atomic E-state index is 0.626. The van der Waals surface area contributed by atoms with Crippen molar-refractivity contribution in [2.24, 2.45) is 0 Å². The van der Waals surface area contributed by atoms with E-state index in [1.165, 1.54) is 41.4 Å². The van der Waals surface area contributed by atoms with Gasteiger partial charge < -0.3 is 5.32 Å². The molecule has 0 unspecified atom stereocenters. The number of hydrogen-bond acceptors (Lipinski definition) is 3. The summed E-state index contributed by atoms with van der Waals surface area (Å²) in [5.41, 5.74) is 1.29. The van der Waals surface area contributed by atoms with Crippen LogP contribution in [0.1, 0.15) is 55.5 Å². The lowest BCUT2D eigenvalue weighted by Crippen LogP contribution is -2.16. The monoisotopic (exact) mass is 329 g/mol. The third-order valence-electron chi connectivity index (χ3n) is 3.57. The fourth-order valence-corrected chi connectivity index (χ4v) is 3.08. The first-order chi connectivity index (χ1) is 7.79. The molecule has 3 rings (SSSR count). The third-order valence-corrected chi connectivity index (χ3v) is 4.63. The Balaban J connectivity index is 2.01. The maximum absolute atomic E-state index is 4.81. The predicted molar refractivity (Wildman–Crippen MR) is 72.9 cm³/mol. The van der Waals surface area contributed by atoms with E-state index in [1.807, 2.05) is 7.05 Å². The molecule has 0 saturated heterocycles. The van der Waals surface area contributed by atoms with Gasteiger partial charge in [-0.25, -0.2) is 9.97 Å². The second kappa shape index (κ2) is 4.13. The number of rotatable bonds is 3. The van der Waals surface area contributed by atoms with Crippen molar-refractivity contribution in [1.29, 1.82) is 0 Å². The van der Waals surface area contributed by atoms with E-state index in [0.29, 0.717) is 11.8 Å². The van der Waals surface area contributed by atoms with Gasteiger partial charge in [-0.05, 0) is 48.3 Å². The second-order valence-electron chi connectivity index (χ2n) is 4.78. The van der Waals surface area contributed by atoms with Crippen LogP contribution in [-0.4, -0.2) is 17.0 Å². The van der Waals surface area contributed by atoms with Crippen molar-refractivity contribution in [3.05, 3.63) is 15.1 Å². The van der Waals surface area contributed by atoms with Crippen LogP contribution in [0.15, 0.2) is 0 Å². The Hall–Kier alpha value is -0.390. The predicted octanol–water partition coefficient (Wildman–Crippen LogP) is 3.27. The molecule has 0 amide bonds. The molecule has 2 saturated carbocycles. The molecule has 86 valence electrons. The molecule has 0 bridgehead atoms. The molecule has 1 aromatic heterocycles. The van der Waals surface area contributed by atoms with Crippen LogP contribution in [-0.2, 0) is 0 Å². The Morgan fingerprint density at radius 3 is 2.38 bits per heavy atom. The molecule has 2 aliphatic rings. The summed E-state index contributed by atoms with van der Waals surface area (Å²) in [6.45, 7) is 0. The van der Waals surface area contributed by atoms with Gasteiger partial charge in [0, 0.05) is 18.9 Å². The van der Waals surface area contributed by atoms with Crippen molar-refractivity contribution < 1.29 is 0 Å². The van der Waals surface area contributed by atoms with Crippen molar-refractivity contribution in [1.82, 2.24) is 9.97 Å². The van der Waals surface area contributed by atoms with E-state index >= 15 is 0 Å². The van der Waals surface area contributed by atoms with Crippen molar-refractivity contribution >= 4 is 28.4 Å². The highest BCUT2D eigenvalue weighted by molar-refractivity contribution is 14.1. The van der Waals surface area contributed by atoms with Gasteiger partial charge in [-0.1, -0.05) is 6.42 Å². The lowest BCUT2D eigenvalue weighted by molar-refractivity contribution is 0.400. The molecule has 0 aromatic carbocycles. The molecule has 4 heteroatoms. The summed E-state index contributed by atoms with van der Waals surface area (Å²) >= 11 is 2.38. The maximum atomic E-state index is 4.81. The third kappa shape index (κ3) is 1.81. The molecular formula is C12H16IN3. The van der Waals surface area contributed by atoms with E-state index in [9.17, 15) is 0 Å². The zero-order valence-corrected chi connectivity index (χ0v) is 11.6. The molecule has 0 spiro atoms. The van der Waals surface area contributed by atoms with Gasteiger partial charge in [-0.3, -0.25) is 0 Å². The van der Waals surface area contributed by atoms with Crippen molar-refractivity contribution in [3.8, 4) is 0 Å². The van der Waals surface area contributed by atoms with E-state index in [1.54, 1.807) is 0 Å². The van der Waals surface area contributed by atoms with Crippen LogP contribution in [0.3, 0.4) is 0 Å². The molecule has 1 aromatic rings. The fraction of sp³-hybridized carbons (Fsp3) is 0.667. The van der Waals surface area contributed by atoms with Gasteiger partial charge in [0.2, 0.25) is 0 Å². The smallest absolute Gasteiger partial charge is 0.143 e. The van der Waals surface area contributed by atoms with Gasteiger partial charge >= 0.3 is 0 Å². The van der Waals surface area contributed by atoms with Crippen LogP contribution in [0, 0.1) is 3.57 Å². The minimum absolute atomic E-state index is 0.626. The number of halogens is 1. The highest BCUT2D eigenvalue weighted by Crippen LogP contribution is 2.44. The quantitative estimate of drug-likeness (QED) is 0.865. The molecule has 0 atom stereocenters. The standard InChI is InChI=1S/C12H16IN3/c1-14-12-9(13)10(7-5-6-7)15-11(16-12)8-3-2-4-8/h7-8H,2-6H2,1H3,(H,14,15,16). The van der Waals surface area contributed by atoms with E-state index in [-0.39, 0.29) is 0 Å². The van der Waals surface area contributed by atoms with E-state index in [0.717, 1.165) is 11.6 Å². The first kappa shape index (κ1) is 10.7. The minimum Gasteiger partial charge on any atom is -0.372 e. The normalized spacial score (nSPS) is 20.6. The number of nitrogens with one attached hydrogen (secondary N) is 1. The fourth-order valence-electron chi connectivity index (χ4n) is 2.12. The SMILES string of the molecule is CNc1nc(C2CCC2)nc(C2CC2)c1I. The molecule has 3 nitrogen and oxygen atoms in total. The Kier molecular flexibility index (Phi) is 2.77. The van der Waals surface area contributed by atoms with Crippen LogP contribution >= 0.6 is 22.6 Å². The van der Waals surface area contributed by atoms with Crippen LogP contribution < -0.4 is 5.32 Å². The second-order valence-corrected chi connectivity index (χ2v) is 5.86. The molecule has 2 fully saturated rings. The van der Waals surface area contributed by atoms with Gasteiger partial charge in [-0.2, -0.15) is 0 Å². The van der Waals surface area contributed by atoms with Gasteiger partial charge in [0.25, 0.3) is 0 Å². The highest BCUT2D eigenvalue weighted by atomic mass is 127. The van der Waals surface area contributed by atoms with Crippen LogP contribution in [0.2, 0.25) is 0 Å². The summed E-state index contributed by atoms with van der Waals surface area (Å²) in [5.74, 6) is 3.44. The molecule has 0 radical (unpaired) electrons. The summed E-state index contributed by atoms with van der Waals surface area (Å²) < 4.78 is 1.23. The number of anilines is 1. The Bertz CT molecular complexity index is 411. The van der Waals surface area contributed by atoms with Crippen LogP contribution in [0.4, 0.5) is 5.82 Å². The summed E-state index contributed by atoms with van der Waals surface area (Å²) in [6, 6.07) is 0. The average molecular weight is 329 g/mol. The zero-order chi connectivity index (χ0) is 11.1. The molecule has 2 aliphatic carbocycles. The van der Waals surface area contributed by atoms with E-state index in [4.69, 9.17) is 4.98 Å². The van der Waals surface area contributed by atoms with Gasteiger partial charge in [-0.15, -0.1) is 0 Å². The molecule has 16 heavy (non-hydrogen) atoms. The Morgan fingerprint density at radius 1 is 1.12 bits per heavy atom. The van der Waals surface area contributed by atoms with Gasteiger partial charge in [0.1, 0.15) is 11.6 Å². The molecule has 1 N–H and O–H groups in total. The van der Waals surface area contributed by atoms with Gasteiger partial charge in [0.15, 0.2) is 0 Å². The zero-order valence-electron chi connectivity index (χ0n) is 9.46. The first-order valence-corrected chi connectivity index (χ1v) is 7.12. The summed E-state index contributed by atoms with van der Waals surface area (Å²) in [6.07, 6.45) is 6.50. The summed E-state index contributed by atoms with van der Waals surface area (Å²) in [7, 11) is 1.95. The van der Waals surface area contributed by atoms with Crippen molar-refractivity contribution in [2.75, 3.05) is 12.4 Å². The number of aromatic nitrogens is 2. The Labute approximate surface area is 110 Å². The van der Waals surface area contributed by atoms with Crippen LogP contribution in [0.25, 0.3) is 0 Å². The molecule has 0 aliphatic heterocycles. The Morgan fingerprint density at radius 2 is 1.88 bits per heavy atom. The molecule has 1 heterocycles. The van der Waals surface area contributed by atoms with Crippen LogP contribution in [0.5, 0.6) is 0 Å². The van der Waals surface area contributed by atoms with Crippen molar-refractivity contribution in [2.45, 2.75) is 43.9 Å². The summed E-state index contributed by atoms with van der Waals surface area (Å²) in [5, 5.41) is 3.20. The van der Waals surface area contributed by atoms with Crippen molar-refractivity contribution in [3.63, 3.8) is 0 Å². The average Bonchev–Trinajstić information content (AvgIpc) is 3.01. The van der Waals surface area contributed by atoms with E-state index < -0.39 is 0 Å².